The van der Waals surface area contributed by atoms with E-state index in [-0.39, 0.29) is 6.10 Å². The van der Waals surface area contributed by atoms with Crippen LogP contribution in [0, 0.1) is 11.3 Å². The molecule has 0 bridgehead atoms. The molecule has 1 aliphatic heterocycles. The van der Waals surface area contributed by atoms with Gasteiger partial charge < -0.3 is 19.5 Å². The largest absolute Gasteiger partial charge is 0.385 e. The maximum atomic E-state index is 10.1. The standard InChI is InChI=1S/C16H31NO3/c1-13-8-15(10-16(2,3)9-13)20-12-14(18)11-17-4-6-19-7-5-17/h13-15,18H,4-12H2,1-3H3/p+1/t13-,14-,15+/m1/s1. The molecule has 0 spiro atoms. The lowest BCUT2D eigenvalue weighted by Gasteiger charge is -2.39. The average Bonchev–Trinajstić information content (AvgIpc) is 2.35. The lowest BCUT2D eigenvalue weighted by molar-refractivity contribution is -0.911. The van der Waals surface area contributed by atoms with Crippen LogP contribution in [0.4, 0.5) is 0 Å². The molecule has 1 saturated carbocycles. The summed E-state index contributed by atoms with van der Waals surface area (Å²) in [5.74, 6) is 0.728. The summed E-state index contributed by atoms with van der Waals surface area (Å²) in [4.78, 5) is 1.43. The van der Waals surface area contributed by atoms with Gasteiger partial charge in [-0.05, 0) is 30.6 Å². The number of aliphatic hydroxyl groups is 1. The van der Waals surface area contributed by atoms with Crippen molar-refractivity contribution in [3.05, 3.63) is 0 Å². The van der Waals surface area contributed by atoms with Crippen molar-refractivity contribution in [2.75, 3.05) is 39.5 Å². The van der Waals surface area contributed by atoms with E-state index in [1.807, 2.05) is 0 Å². The fourth-order valence-electron chi connectivity index (χ4n) is 3.89. The monoisotopic (exact) mass is 286 g/mol. The van der Waals surface area contributed by atoms with Gasteiger partial charge in [0.15, 0.2) is 0 Å². The van der Waals surface area contributed by atoms with Crippen LogP contribution >= 0.6 is 0 Å². The molecule has 2 N–H and O–H groups in total. The maximum Gasteiger partial charge on any atom is 0.126 e. The van der Waals surface area contributed by atoms with Crippen LogP contribution in [0.1, 0.15) is 40.0 Å². The second-order valence-corrected chi connectivity index (χ2v) is 7.59. The molecule has 118 valence electrons. The summed E-state index contributed by atoms with van der Waals surface area (Å²) in [6.07, 6.45) is 3.52. The molecule has 0 aromatic heterocycles. The molecule has 1 aliphatic carbocycles. The van der Waals surface area contributed by atoms with Crippen molar-refractivity contribution in [2.24, 2.45) is 11.3 Å². The Morgan fingerprint density at radius 1 is 1.30 bits per heavy atom. The second-order valence-electron chi connectivity index (χ2n) is 7.59. The Labute approximate surface area is 123 Å². The first-order valence-corrected chi connectivity index (χ1v) is 8.15. The third-order valence-electron chi connectivity index (χ3n) is 4.60. The third-order valence-corrected chi connectivity index (χ3v) is 4.60. The zero-order chi connectivity index (χ0) is 14.6. The Kier molecular flexibility index (Phi) is 5.84. The minimum atomic E-state index is -0.344. The fourth-order valence-corrected chi connectivity index (χ4v) is 3.89. The number of aliphatic hydroxyl groups excluding tert-OH is 1. The molecule has 2 fully saturated rings. The molecule has 4 heteroatoms. The molecule has 0 amide bonds. The van der Waals surface area contributed by atoms with E-state index in [0.717, 1.165) is 51.6 Å². The molecule has 3 atom stereocenters. The van der Waals surface area contributed by atoms with E-state index in [1.165, 1.54) is 11.3 Å². The number of ether oxygens (including phenoxy) is 2. The molecule has 4 nitrogen and oxygen atoms in total. The van der Waals surface area contributed by atoms with Gasteiger partial charge in [-0.3, -0.25) is 0 Å². The van der Waals surface area contributed by atoms with Gasteiger partial charge >= 0.3 is 0 Å². The van der Waals surface area contributed by atoms with Crippen LogP contribution in [0.15, 0.2) is 0 Å². The number of hydrogen-bond donors (Lipinski definition) is 2. The molecule has 0 aromatic carbocycles. The van der Waals surface area contributed by atoms with Crippen molar-refractivity contribution in [2.45, 2.75) is 52.2 Å². The predicted octanol–water partition coefficient (Wildman–Crippen LogP) is 0.494. The molecule has 2 aliphatic rings. The van der Waals surface area contributed by atoms with Crippen LogP contribution < -0.4 is 4.90 Å². The van der Waals surface area contributed by atoms with Crippen molar-refractivity contribution in [1.29, 1.82) is 0 Å². The molecular weight excluding hydrogens is 254 g/mol. The predicted molar refractivity (Wildman–Crippen MR) is 78.9 cm³/mol. The number of rotatable bonds is 5. The number of nitrogens with one attached hydrogen (secondary N) is 1. The Balaban J connectivity index is 1.68. The Hall–Kier alpha value is -0.160. The van der Waals surface area contributed by atoms with Gasteiger partial charge in [0.25, 0.3) is 0 Å². The van der Waals surface area contributed by atoms with Crippen LogP contribution in [-0.4, -0.2) is 56.8 Å². The molecule has 0 unspecified atom stereocenters. The van der Waals surface area contributed by atoms with Crippen molar-refractivity contribution in [3.63, 3.8) is 0 Å². The van der Waals surface area contributed by atoms with Gasteiger partial charge in [-0.1, -0.05) is 20.8 Å². The molecule has 20 heavy (non-hydrogen) atoms. The van der Waals surface area contributed by atoms with E-state index in [9.17, 15) is 5.11 Å². The van der Waals surface area contributed by atoms with E-state index < -0.39 is 0 Å². The molecule has 0 aromatic rings. The topological polar surface area (TPSA) is 43.1 Å². The zero-order valence-electron chi connectivity index (χ0n) is 13.4. The first kappa shape index (κ1) is 16.2. The van der Waals surface area contributed by atoms with E-state index in [0.29, 0.717) is 18.1 Å². The summed E-state index contributed by atoms with van der Waals surface area (Å²) in [6, 6.07) is 0. The summed E-state index contributed by atoms with van der Waals surface area (Å²) in [6.45, 7) is 11.9. The first-order chi connectivity index (χ1) is 9.44. The molecule has 1 heterocycles. The van der Waals surface area contributed by atoms with E-state index in [4.69, 9.17) is 9.47 Å². The molecule has 1 saturated heterocycles. The lowest BCUT2D eigenvalue weighted by atomic mass is 9.71. The van der Waals surface area contributed by atoms with E-state index >= 15 is 0 Å². The van der Waals surface area contributed by atoms with Crippen molar-refractivity contribution in [3.8, 4) is 0 Å². The molecule has 0 radical (unpaired) electrons. The lowest BCUT2D eigenvalue weighted by Crippen LogP contribution is -3.15. The zero-order valence-corrected chi connectivity index (χ0v) is 13.4. The molecular formula is C16H32NO3+. The Bertz CT molecular complexity index is 289. The minimum Gasteiger partial charge on any atom is -0.385 e. The summed E-state index contributed by atoms with van der Waals surface area (Å²) in [5, 5.41) is 10.1. The smallest absolute Gasteiger partial charge is 0.126 e. The van der Waals surface area contributed by atoms with Crippen LogP contribution in [0.3, 0.4) is 0 Å². The summed E-state index contributed by atoms with van der Waals surface area (Å²) in [7, 11) is 0. The summed E-state index contributed by atoms with van der Waals surface area (Å²) < 4.78 is 11.3. The van der Waals surface area contributed by atoms with Crippen LogP contribution in [-0.2, 0) is 9.47 Å². The van der Waals surface area contributed by atoms with Gasteiger partial charge in [0.2, 0.25) is 0 Å². The average molecular weight is 286 g/mol. The van der Waals surface area contributed by atoms with Gasteiger partial charge in [0.1, 0.15) is 25.7 Å². The fraction of sp³-hybridized carbons (Fsp3) is 1.00. The van der Waals surface area contributed by atoms with Crippen molar-refractivity contribution < 1.29 is 19.5 Å². The van der Waals surface area contributed by atoms with Crippen LogP contribution in [0.5, 0.6) is 0 Å². The SMILES string of the molecule is C[C@@H]1C[C@H](OC[C@H](O)C[NH+]2CCOCC2)CC(C)(C)C1. The Morgan fingerprint density at radius 2 is 2.00 bits per heavy atom. The first-order valence-electron chi connectivity index (χ1n) is 8.15. The van der Waals surface area contributed by atoms with Gasteiger partial charge in [-0.15, -0.1) is 0 Å². The second kappa shape index (κ2) is 7.21. The highest BCUT2D eigenvalue weighted by atomic mass is 16.5. The van der Waals surface area contributed by atoms with Crippen LogP contribution in [0.25, 0.3) is 0 Å². The third kappa shape index (κ3) is 5.32. The number of morpholine rings is 1. The summed E-state index contributed by atoms with van der Waals surface area (Å²) in [5.41, 5.74) is 0.378. The minimum absolute atomic E-state index is 0.322. The van der Waals surface area contributed by atoms with Gasteiger partial charge in [-0.2, -0.15) is 0 Å². The Morgan fingerprint density at radius 3 is 2.65 bits per heavy atom. The quantitative estimate of drug-likeness (QED) is 0.773. The highest BCUT2D eigenvalue weighted by Gasteiger charge is 2.33. The van der Waals surface area contributed by atoms with Crippen LogP contribution in [0.2, 0.25) is 0 Å². The van der Waals surface area contributed by atoms with Crippen molar-refractivity contribution in [1.82, 2.24) is 0 Å². The van der Waals surface area contributed by atoms with Gasteiger partial charge in [0.05, 0.1) is 25.9 Å². The van der Waals surface area contributed by atoms with E-state index in [1.54, 1.807) is 0 Å². The normalized spacial score (nSPS) is 33.0. The molecule has 2 rings (SSSR count). The number of quaternary nitrogens is 1. The number of hydrogen-bond acceptors (Lipinski definition) is 3. The summed E-state index contributed by atoms with van der Waals surface area (Å²) >= 11 is 0. The van der Waals surface area contributed by atoms with E-state index in [2.05, 4.69) is 20.8 Å². The van der Waals surface area contributed by atoms with Gasteiger partial charge in [0, 0.05) is 0 Å². The highest BCUT2D eigenvalue weighted by molar-refractivity contribution is 4.83. The van der Waals surface area contributed by atoms with Crippen molar-refractivity contribution >= 4 is 0 Å². The van der Waals surface area contributed by atoms with Gasteiger partial charge in [-0.25, -0.2) is 0 Å². The maximum absolute atomic E-state index is 10.1. The highest BCUT2D eigenvalue weighted by Crippen LogP contribution is 2.39.